The highest BCUT2D eigenvalue weighted by Crippen LogP contribution is 2.20. The Morgan fingerprint density at radius 2 is 2.05 bits per heavy atom. The second kappa shape index (κ2) is 7.53. The summed E-state index contributed by atoms with van der Waals surface area (Å²) in [5.74, 6) is 0.212. The van der Waals surface area contributed by atoms with E-state index in [1.165, 1.54) is 0 Å². The van der Waals surface area contributed by atoms with Crippen LogP contribution in [0.2, 0.25) is 0 Å². The van der Waals surface area contributed by atoms with E-state index in [1.807, 2.05) is 10.3 Å². The molecule has 1 aliphatic heterocycles. The van der Waals surface area contributed by atoms with Crippen LogP contribution in [0.1, 0.15) is 32.9 Å². The topological polar surface area (TPSA) is 56.7 Å². The lowest BCUT2D eigenvalue weighted by Gasteiger charge is -2.38. The van der Waals surface area contributed by atoms with E-state index in [1.54, 1.807) is 16.8 Å². The number of aliphatic hydroxyl groups excluding tert-OH is 1. The molecule has 0 aliphatic carbocycles. The molecule has 5 nitrogen and oxygen atoms in total. The zero-order valence-electron chi connectivity index (χ0n) is 13.8. The molecule has 1 fully saturated rings. The minimum Gasteiger partial charge on any atom is -0.391 e. The van der Waals surface area contributed by atoms with Gasteiger partial charge >= 0.3 is 0 Å². The fourth-order valence-electron chi connectivity index (χ4n) is 2.45. The maximum Gasteiger partial charge on any atom is 0.223 e. The number of aryl methyl sites for hydroxylation is 1. The van der Waals surface area contributed by atoms with Crippen molar-refractivity contribution in [1.29, 1.82) is 0 Å². The third kappa shape index (κ3) is 5.04. The van der Waals surface area contributed by atoms with Gasteiger partial charge in [-0.2, -0.15) is 0 Å². The van der Waals surface area contributed by atoms with Crippen LogP contribution in [0.4, 0.5) is 0 Å². The summed E-state index contributed by atoms with van der Waals surface area (Å²) < 4.78 is 0. The Balaban J connectivity index is 1.71. The Morgan fingerprint density at radius 1 is 1.36 bits per heavy atom. The molecule has 6 heteroatoms. The van der Waals surface area contributed by atoms with Gasteiger partial charge in [-0.1, -0.05) is 20.8 Å². The van der Waals surface area contributed by atoms with E-state index in [0.717, 1.165) is 38.3 Å². The normalized spacial score (nSPS) is 18.5. The number of aromatic nitrogens is 1. The van der Waals surface area contributed by atoms with Crippen molar-refractivity contribution < 1.29 is 9.90 Å². The summed E-state index contributed by atoms with van der Waals surface area (Å²) in [6, 6.07) is 0. The van der Waals surface area contributed by atoms with Gasteiger partial charge in [0.1, 0.15) is 0 Å². The van der Waals surface area contributed by atoms with Gasteiger partial charge in [-0.05, 0) is 11.8 Å². The number of amides is 1. The monoisotopic (exact) mass is 325 g/mol. The number of aliphatic hydroxyl groups is 1. The molecule has 1 aliphatic rings. The first-order valence-electron chi connectivity index (χ1n) is 7.91. The van der Waals surface area contributed by atoms with Crippen molar-refractivity contribution in [3.63, 3.8) is 0 Å². The van der Waals surface area contributed by atoms with Gasteiger partial charge in [0, 0.05) is 44.5 Å². The molecular formula is C16H27N3O2S. The summed E-state index contributed by atoms with van der Waals surface area (Å²) in [7, 11) is 0. The van der Waals surface area contributed by atoms with Gasteiger partial charge < -0.3 is 10.0 Å². The second-order valence-electron chi connectivity index (χ2n) is 7.04. The molecule has 22 heavy (non-hydrogen) atoms. The molecular weight excluding hydrogens is 298 g/mol. The van der Waals surface area contributed by atoms with E-state index in [2.05, 4.69) is 30.7 Å². The summed E-state index contributed by atoms with van der Waals surface area (Å²) in [6.45, 7) is 10.0. The lowest BCUT2D eigenvalue weighted by Crippen LogP contribution is -2.51. The minimum absolute atomic E-state index is 0.0967. The van der Waals surface area contributed by atoms with Crippen LogP contribution in [0.5, 0.6) is 0 Å². The molecule has 1 atom stereocenters. The highest BCUT2D eigenvalue weighted by molar-refractivity contribution is 7.07. The Hall–Kier alpha value is -0.980. The molecule has 1 amide bonds. The summed E-state index contributed by atoms with van der Waals surface area (Å²) in [4.78, 5) is 20.6. The summed E-state index contributed by atoms with van der Waals surface area (Å²) >= 11 is 1.57. The van der Waals surface area contributed by atoms with Crippen molar-refractivity contribution in [3.05, 3.63) is 16.6 Å². The number of carbonyl (C=O) groups is 1. The van der Waals surface area contributed by atoms with Crippen LogP contribution in [0.25, 0.3) is 0 Å². The average molecular weight is 325 g/mol. The first-order chi connectivity index (χ1) is 10.4. The standard InChI is InChI=1S/C16H27N3O2S/c1-16(2,3)14(20)10-18-6-8-19(9-7-18)15(21)5-4-13-11-22-12-17-13/h11-12,14,20H,4-10H2,1-3H3. The first kappa shape index (κ1) is 17.4. The maximum absolute atomic E-state index is 12.2. The van der Waals surface area contributed by atoms with Gasteiger partial charge in [-0.3, -0.25) is 9.69 Å². The first-order valence-corrected chi connectivity index (χ1v) is 8.86. The van der Waals surface area contributed by atoms with Crippen LogP contribution in [0, 0.1) is 5.41 Å². The fourth-order valence-corrected chi connectivity index (χ4v) is 3.05. The average Bonchev–Trinajstić information content (AvgIpc) is 2.98. The van der Waals surface area contributed by atoms with Crippen molar-refractivity contribution in [1.82, 2.24) is 14.8 Å². The van der Waals surface area contributed by atoms with E-state index in [4.69, 9.17) is 0 Å². The minimum atomic E-state index is -0.334. The van der Waals surface area contributed by atoms with Gasteiger partial charge in [-0.15, -0.1) is 11.3 Å². The number of hydrogen-bond donors (Lipinski definition) is 1. The summed E-state index contributed by atoms with van der Waals surface area (Å²) in [5.41, 5.74) is 2.71. The van der Waals surface area contributed by atoms with E-state index in [0.29, 0.717) is 13.0 Å². The zero-order chi connectivity index (χ0) is 16.2. The summed E-state index contributed by atoms with van der Waals surface area (Å²) in [6.07, 6.45) is 0.930. The Bertz CT molecular complexity index is 462. The highest BCUT2D eigenvalue weighted by atomic mass is 32.1. The van der Waals surface area contributed by atoms with Crippen molar-refractivity contribution in [3.8, 4) is 0 Å². The molecule has 0 bridgehead atoms. The van der Waals surface area contributed by atoms with E-state index in [9.17, 15) is 9.90 Å². The number of piperazine rings is 1. The zero-order valence-corrected chi connectivity index (χ0v) is 14.6. The van der Waals surface area contributed by atoms with Crippen molar-refractivity contribution in [2.75, 3.05) is 32.7 Å². The number of hydrogen-bond acceptors (Lipinski definition) is 5. The fraction of sp³-hybridized carbons (Fsp3) is 0.750. The number of thiazole rings is 1. The number of β-amino-alcohol motifs (C(OH)–C–C–N with tert-alkyl or cyclic N) is 1. The van der Waals surface area contributed by atoms with Crippen LogP contribution in [-0.2, 0) is 11.2 Å². The van der Waals surface area contributed by atoms with Crippen molar-refractivity contribution in [2.45, 2.75) is 39.7 Å². The van der Waals surface area contributed by atoms with E-state index >= 15 is 0 Å². The van der Waals surface area contributed by atoms with Crippen molar-refractivity contribution in [2.24, 2.45) is 5.41 Å². The Kier molecular flexibility index (Phi) is 5.94. The maximum atomic E-state index is 12.2. The highest BCUT2D eigenvalue weighted by Gasteiger charge is 2.27. The molecule has 0 saturated carbocycles. The Morgan fingerprint density at radius 3 is 2.59 bits per heavy atom. The third-order valence-corrected chi connectivity index (χ3v) is 4.87. The van der Waals surface area contributed by atoms with E-state index < -0.39 is 0 Å². The van der Waals surface area contributed by atoms with Gasteiger partial charge in [0.25, 0.3) is 0 Å². The molecule has 1 unspecified atom stereocenters. The lowest BCUT2D eigenvalue weighted by molar-refractivity contribution is -0.133. The largest absolute Gasteiger partial charge is 0.391 e. The predicted octanol–water partition coefficient (Wildman–Crippen LogP) is 1.63. The SMILES string of the molecule is CC(C)(C)C(O)CN1CCN(C(=O)CCc2cscn2)CC1. The molecule has 1 aromatic rings. The van der Waals surface area contributed by atoms with Crippen LogP contribution in [0.15, 0.2) is 10.9 Å². The molecule has 0 radical (unpaired) electrons. The van der Waals surface area contributed by atoms with Crippen molar-refractivity contribution >= 4 is 17.2 Å². The van der Waals surface area contributed by atoms with Crippen LogP contribution >= 0.6 is 11.3 Å². The summed E-state index contributed by atoms with van der Waals surface area (Å²) in [5, 5.41) is 12.2. The van der Waals surface area contributed by atoms with Gasteiger partial charge in [-0.25, -0.2) is 4.98 Å². The quantitative estimate of drug-likeness (QED) is 0.894. The van der Waals surface area contributed by atoms with Gasteiger partial charge in [0.15, 0.2) is 0 Å². The Labute approximate surface area is 137 Å². The number of rotatable bonds is 5. The molecule has 0 spiro atoms. The molecule has 0 aromatic carbocycles. The molecule has 2 heterocycles. The lowest BCUT2D eigenvalue weighted by atomic mass is 9.89. The van der Waals surface area contributed by atoms with Crippen LogP contribution in [-0.4, -0.2) is 64.6 Å². The van der Waals surface area contributed by atoms with Crippen LogP contribution in [0.3, 0.4) is 0 Å². The third-order valence-electron chi connectivity index (χ3n) is 4.23. The van der Waals surface area contributed by atoms with E-state index in [-0.39, 0.29) is 17.4 Å². The molecule has 124 valence electrons. The second-order valence-corrected chi connectivity index (χ2v) is 7.76. The number of nitrogens with zero attached hydrogens (tertiary/aromatic N) is 3. The molecule has 1 saturated heterocycles. The molecule has 1 aromatic heterocycles. The van der Waals surface area contributed by atoms with Crippen LogP contribution < -0.4 is 0 Å². The predicted molar refractivity (Wildman–Crippen MR) is 88.9 cm³/mol. The van der Waals surface area contributed by atoms with Gasteiger partial charge in [0.2, 0.25) is 5.91 Å². The smallest absolute Gasteiger partial charge is 0.223 e. The molecule has 2 rings (SSSR count). The molecule has 1 N–H and O–H groups in total. The number of carbonyl (C=O) groups excluding carboxylic acids is 1. The van der Waals surface area contributed by atoms with Gasteiger partial charge in [0.05, 0.1) is 17.3 Å².